The number of nitrogens with one attached hydrogen (secondary N) is 1. The van der Waals surface area contributed by atoms with Gasteiger partial charge in [0.2, 0.25) is 5.91 Å². The first-order valence-electron chi connectivity index (χ1n) is 10.4. The van der Waals surface area contributed by atoms with Crippen molar-refractivity contribution < 1.29 is 42.0 Å². The molecule has 1 aromatic rings. The molecule has 0 aliphatic carbocycles. The van der Waals surface area contributed by atoms with Crippen molar-refractivity contribution >= 4 is 29.3 Å². The molecule has 188 valence electrons. The van der Waals surface area contributed by atoms with E-state index in [0.717, 1.165) is 6.07 Å². The molecule has 1 unspecified atom stereocenters. The summed E-state index contributed by atoms with van der Waals surface area (Å²) in [6.45, 7) is 6.80. The predicted molar refractivity (Wildman–Crippen MR) is 113 cm³/mol. The molecule has 10 nitrogen and oxygen atoms in total. The van der Waals surface area contributed by atoms with Gasteiger partial charge in [-0.25, -0.2) is 9.59 Å². The molecule has 2 atom stereocenters. The quantitative estimate of drug-likeness (QED) is 0.359. The minimum Gasteiger partial charge on any atom is -0.461 e. The highest BCUT2D eigenvalue weighted by Crippen LogP contribution is 2.37. The molecular weight excluding hydrogens is 463 g/mol. The lowest BCUT2D eigenvalue weighted by Gasteiger charge is -2.28. The van der Waals surface area contributed by atoms with Crippen molar-refractivity contribution in [3.8, 4) is 0 Å². The van der Waals surface area contributed by atoms with E-state index in [1.165, 1.54) is 11.8 Å². The average molecular weight is 489 g/mol. The van der Waals surface area contributed by atoms with Gasteiger partial charge in [0.05, 0.1) is 11.3 Å². The van der Waals surface area contributed by atoms with Crippen LogP contribution in [0.5, 0.6) is 0 Å². The van der Waals surface area contributed by atoms with E-state index in [1.54, 1.807) is 20.8 Å². The molecule has 0 saturated carbocycles. The monoisotopic (exact) mass is 489 g/mol. The van der Waals surface area contributed by atoms with Gasteiger partial charge in [0.1, 0.15) is 23.3 Å². The molecule has 2 amide bonds. The number of hydrogen-bond donors (Lipinski definition) is 1. The number of amides is 2. The summed E-state index contributed by atoms with van der Waals surface area (Å²) in [5, 5.41) is 13.0. The number of anilines is 1. The standard InChI is InChI=1S/C21H26F3N3O7/c1-12(33-18(29)16-6-5-9-26(16)19(30)34-20(2,3)4)10-17(28)25-13-7-8-15(27(31)32)14(11-13)21(22,23)24/h7-8,11-12,16H,5-6,9-10H2,1-4H3,(H,25,28)/t12?,16-/m0/s1. The van der Waals surface area contributed by atoms with Gasteiger partial charge in [0, 0.05) is 18.3 Å². The van der Waals surface area contributed by atoms with Crippen molar-refractivity contribution in [3.63, 3.8) is 0 Å². The Kier molecular flexibility index (Phi) is 8.11. The number of benzene rings is 1. The van der Waals surface area contributed by atoms with Crippen molar-refractivity contribution in [1.82, 2.24) is 4.90 Å². The summed E-state index contributed by atoms with van der Waals surface area (Å²) in [5.74, 6) is -1.49. The third-order valence-corrected chi connectivity index (χ3v) is 4.73. The van der Waals surface area contributed by atoms with E-state index in [4.69, 9.17) is 9.47 Å². The minimum atomic E-state index is -4.99. The molecule has 1 aliphatic rings. The molecule has 1 N–H and O–H groups in total. The molecule has 2 rings (SSSR count). The fraction of sp³-hybridized carbons (Fsp3) is 0.571. The number of esters is 1. The van der Waals surface area contributed by atoms with Crippen LogP contribution in [0.1, 0.15) is 52.5 Å². The number of nitro benzene ring substituents is 1. The zero-order valence-electron chi connectivity index (χ0n) is 19.1. The fourth-order valence-corrected chi connectivity index (χ4v) is 3.34. The van der Waals surface area contributed by atoms with Gasteiger partial charge in [-0.15, -0.1) is 0 Å². The molecule has 1 heterocycles. The Bertz CT molecular complexity index is 960. The van der Waals surface area contributed by atoms with E-state index in [9.17, 15) is 37.7 Å². The number of halogens is 3. The van der Waals surface area contributed by atoms with Crippen LogP contribution in [0.25, 0.3) is 0 Å². The zero-order valence-corrected chi connectivity index (χ0v) is 19.1. The number of ether oxygens (including phenoxy) is 2. The number of carbonyl (C=O) groups excluding carboxylic acids is 3. The molecule has 0 bridgehead atoms. The summed E-state index contributed by atoms with van der Waals surface area (Å²) >= 11 is 0. The third kappa shape index (κ3) is 7.32. The van der Waals surface area contributed by atoms with Crippen molar-refractivity contribution in [2.24, 2.45) is 0 Å². The van der Waals surface area contributed by atoms with Crippen molar-refractivity contribution in [3.05, 3.63) is 33.9 Å². The minimum absolute atomic E-state index is 0.298. The molecule has 1 saturated heterocycles. The lowest BCUT2D eigenvalue weighted by molar-refractivity contribution is -0.388. The van der Waals surface area contributed by atoms with Crippen LogP contribution in [0.15, 0.2) is 18.2 Å². The van der Waals surface area contributed by atoms with Crippen LogP contribution < -0.4 is 5.32 Å². The van der Waals surface area contributed by atoms with E-state index >= 15 is 0 Å². The van der Waals surface area contributed by atoms with Crippen molar-refractivity contribution in [2.45, 2.75) is 70.9 Å². The smallest absolute Gasteiger partial charge is 0.423 e. The maximum absolute atomic E-state index is 13.1. The summed E-state index contributed by atoms with van der Waals surface area (Å²) in [5.41, 5.74) is -3.69. The van der Waals surface area contributed by atoms with E-state index in [0.29, 0.717) is 31.5 Å². The summed E-state index contributed by atoms with van der Waals surface area (Å²) in [4.78, 5) is 48.0. The predicted octanol–water partition coefficient (Wildman–Crippen LogP) is 4.27. The number of likely N-dealkylation sites (tertiary alicyclic amines) is 1. The van der Waals surface area contributed by atoms with E-state index in [-0.39, 0.29) is 12.1 Å². The van der Waals surface area contributed by atoms with Gasteiger partial charge < -0.3 is 14.8 Å². The van der Waals surface area contributed by atoms with Crippen LogP contribution in [0.3, 0.4) is 0 Å². The van der Waals surface area contributed by atoms with E-state index in [1.807, 2.05) is 0 Å². The number of carbonyl (C=O) groups is 3. The van der Waals surface area contributed by atoms with Crippen LogP contribution in [0.4, 0.5) is 29.3 Å². The molecule has 1 fully saturated rings. The highest BCUT2D eigenvalue weighted by atomic mass is 19.4. The summed E-state index contributed by atoms with van der Waals surface area (Å²) in [6, 6.07) is 1.21. The number of hydrogen-bond acceptors (Lipinski definition) is 7. The van der Waals surface area contributed by atoms with Gasteiger partial charge in [0.15, 0.2) is 0 Å². The first-order chi connectivity index (χ1) is 15.6. The number of nitro groups is 1. The van der Waals surface area contributed by atoms with Crippen LogP contribution in [-0.4, -0.2) is 52.1 Å². The topological polar surface area (TPSA) is 128 Å². The van der Waals surface area contributed by atoms with Gasteiger partial charge >= 0.3 is 18.2 Å². The highest BCUT2D eigenvalue weighted by Gasteiger charge is 2.39. The Morgan fingerprint density at radius 2 is 1.91 bits per heavy atom. The van der Waals surface area contributed by atoms with Gasteiger partial charge in [0.25, 0.3) is 5.69 Å². The van der Waals surface area contributed by atoms with Crippen LogP contribution in [0, 0.1) is 10.1 Å². The Labute approximate surface area is 193 Å². The van der Waals surface area contributed by atoms with Gasteiger partial charge in [-0.3, -0.25) is 19.8 Å². The lowest BCUT2D eigenvalue weighted by Crippen LogP contribution is -2.44. The largest absolute Gasteiger partial charge is 0.461 e. The molecule has 34 heavy (non-hydrogen) atoms. The number of nitrogens with zero attached hydrogens (tertiary/aromatic N) is 2. The van der Waals surface area contributed by atoms with Crippen LogP contribution >= 0.6 is 0 Å². The third-order valence-electron chi connectivity index (χ3n) is 4.73. The van der Waals surface area contributed by atoms with Gasteiger partial charge in [-0.2, -0.15) is 13.2 Å². The molecule has 0 spiro atoms. The first kappa shape index (κ1) is 26.9. The summed E-state index contributed by atoms with van der Waals surface area (Å²) in [6.07, 6.45) is -6.06. The second kappa shape index (κ2) is 10.3. The molecule has 1 aromatic carbocycles. The van der Waals surface area contributed by atoms with Gasteiger partial charge in [-0.1, -0.05) is 0 Å². The van der Waals surface area contributed by atoms with Crippen molar-refractivity contribution in [1.29, 1.82) is 0 Å². The Morgan fingerprint density at radius 3 is 2.47 bits per heavy atom. The summed E-state index contributed by atoms with van der Waals surface area (Å²) < 4.78 is 49.8. The normalized spacial score (nSPS) is 17.1. The van der Waals surface area contributed by atoms with Gasteiger partial charge in [-0.05, 0) is 52.7 Å². The molecular formula is C21H26F3N3O7. The maximum Gasteiger partial charge on any atom is 0.423 e. The zero-order chi connectivity index (χ0) is 25.8. The lowest BCUT2D eigenvalue weighted by atomic mass is 10.1. The summed E-state index contributed by atoms with van der Waals surface area (Å²) in [7, 11) is 0. The average Bonchev–Trinajstić information content (AvgIpc) is 3.15. The van der Waals surface area contributed by atoms with E-state index < -0.39 is 58.1 Å². The highest BCUT2D eigenvalue weighted by molar-refractivity contribution is 5.91. The first-order valence-corrected chi connectivity index (χ1v) is 10.4. The Balaban J connectivity index is 1.98. The molecule has 0 radical (unpaired) electrons. The second-order valence-electron chi connectivity index (χ2n) is 8.82. The molecule has 1 aliphatic heterocycles. The maximum atomic E-state index is 13.1. The number of alkyl halides is 3. The molecule has 13 heteroatoms. The second-order valence-corrected chi connectivity index (χ2v) is 8.82. The van der Waals surface area contributed by atoms with Crippen LogP contribution in [0.2, 0.25) is 0 Å². The molecule has 0 aromatic heterocycles. The Morgan fingerprint density at radius 1 is 1.26 bits per heavy atom. The van der Waals surface area contributed by atoms with Crippen LogP contribution in [-0.2, 0) is 25.2 Å². The fourth-order valence-electron chi connectivity index (χ4n) is 3.34. The van der Waals surface area contributed by atoms with E-state index in [2.05, 4.69) is 5.32 Å². The number of rotatable bonds is 6. The SMILES string of the molecule is CC(CC(=O)Nc1ccc([N+](=O)[O-])c(C(F)(F)F)c1)OC(=O)[C@@H]1CCCN1C(=O)OC(C)(C)C. The Hall–Kier alpha value is -3.38. The van der Waals surface area contributed by atoms with Crippen molar-refractivity contribution in [2.75, 3.05) is 11.9 Å².